The number of benzene rings is 1. The van der Waals surface area contributed by atoms with E-state index in [1.165, 1.54) is 13.2 Å². The van der Waals surface area contributed by atoms with Crippen LogP contribution >= 0.6 is 0 Å². The number of aliphatic hydroxyl groups excluding tert-OH is 1. The Morgan fingerprint density at radius 2 is 2.16 bits per heavy atom. The van der Waals surface area contributed by atoms with E-state index in [4.69, 9.17) is 9.84 Å². The number of rotatable bonds is 6. The first-order valence-electron chi connectivity index (χ1n) is 5.71. The molecule has 0 spiro atoms. The Hall–Kier alpha value is -1.89. The summed E-state index contributed by atoms with van der Waals surface area (Å²) in [6.45, 7) is 3.53. The molecule has 0 amide bonds. The highest BCUT2D eigenvalue weighted by Crippen LogP contribution is 2.33. The van der Waals surface area contributed by atoms with E-state index in [-0.39, 0.29) is 18.0 Å². The van der Waals surface area contributed by atoms with Gasteiger partial charge in [-0.15, -0.1) is 0 Å². The molecule has 2 N–H and O–H groups in total. The van der Waals surface area contributed by atoms with Crippen molar-refractivity contribution in [1.82, 2.24) is 0 Å². The molecular formula is C12H17FN2O4. The average molecular weight is 272 g/mol. The molecule has 0 aromatic heterocycles. The van der Waals surface area contributed by atoms with E-state index in [1.54, 1.807) is 13.8 Å². The molecule has 0 radical (unpaired) electrons. The number of ether oxygens (including phenoxy) is 1. The van der Waals surface area contributed by atoms with Crippen molar-refractivity contribution in [1.29, 1.82) is 0 Å². The summed E-state index contributed by atoms with van der Waals surface area (Å²) in [7, 11) is 1.28. The molecule has 6 nitrogen and oxygen atoms in total. The predicted molar refractivity (Wildman–Crippen MR) is 69.0 cm³/mol. The van der Waals surface area contributed by atoms with Crippen LogP contribution in [0.3, 0.4) is 0 Å². The number of nitrogens with zero attached hydrogens (tertiary/aromatic N) is 1. The van der Waals surface area contributed by atoms with Crippen LogP contribution in [0.15, 0.2) is 12.1 Å². The fourth-order valence-corrected chi connectivity index (χ4v) is 1.65. The summed E-state index contributed by atoms with van der Waals surface area (Å²) in [5.74, 6) is -0.757. The van der Waals surface area contributed by atoms with Crippen LogP contribution in [0.1, 0.15) is 20.3 Å². The fraction of sp³-hybridized carbons (Fsp3) is 0.500. The normalized spacial score (nSPS) is 11.2. The lowest BCUT2D eigenvalue weighted by Crippen LogP contribution is -2.32. The Morgan fingerprint density at radius 1 is 1.53 bits per heavy atom. The first kappa shape index (κ1) is 15.2. The predicted octanol–water partition coefficient (Wildman–Crippen LogP) is 2.32. The zero-order valence-electron chi connectivity index (χ0n) is 11.1. The first-order valence-corrected chi connectivity index (χ1v) is 5.71. The molecule has 0 aliphatic carbocycles. The molecule has 0 aliphatic rings. The van der Waals surface area contributed by atoms with Crippen molar-refractivity contribution in [2.45, 2.75) is 25.8 Å². The molecule has 1 aromatic carbocycles. The van der Waals surface area contributed by atoms with E-state index in [0.29, 0.717) is 6.42 Å². The van der Waals surface area contributed by atoms with Gasteiger partial charge in [0.1, 0.15) is 0 Å². The van der Waals surface area contributed by atoms with Crippen LogP contribution in [-0.2, 0) is 0 Å². The Bertz CT molecular complexity index is 477. The molecule has 0 saturated heterocycles. The monoisotopic (exact) mass is 272 g/mol. The van der Waals surface area contributed by atoms with E-state index >= 15 is 0 Å². The van der Waals surface area contributed by atoms with Gasteiger partial charge in [0.25, 0.3) is 0 Å². The molecule has 0 bridgehead atoms. The van der Waals surface area contributed by atoms with Crippen molar-refractivity contribution in [3.8, 4) is 5.75 Å². The molecule has 1 aromatic rings. The van der Waals surface area contributed by atoms with Crippen LogP contribution < -0.4 is 10.1 Å². The van der Waals surface area contributed by atoms with Crippen molar-refractivity contribution in [3.05, 3.63) is 28.1 Å². The molecule has 0 heterocycles. The Labute approximate surface area is 110 Å². The Morgan fingerprint density at radius 3 is 2.63 bits per heavy atom. The van der Waals surface area contributed by atoms with Gasteiger partial charge in [0.2, 0.25) is 0 Å². The van der Waals surface area contributed by atoms with Crippen molar-refractivity contribution in [3.63, 3.8) is 0 Å². The van der Waals surface area contributed by atoms with Crippen LogP contribution in [0.4, 0.5) is 15.8 Å². The molecule has 0 saturated carbocycles. The van der Waals surface area contributed by atoms with Crippen molar-refractivity contribution < 1.29 is 19.2 Å². The van der Waals surface area contributed by atoms with Gasteiger partial charge in [-0.05, 0) is 20.3 Å². The van der Waals surface area contributed by atoms with Gasteiger partial charge in [-0.1, -0.05) is 0 Å². The third-order valence-electron chi connectivity index (χ3n) is 2.68. The smallest absolute Gasteiger partial charge is 0.313 e. The summed E-state index contributed by atoms with van der Waals surface area (Å²) in [5.41, 5.74) is -0.872. The molecule has 0 aliphatic heterocycles. The second-order valence-corrected chi connectivity index (χ2v) is 4.74. The number of nitrogens with one attached hydrogen (secondary N) is 1. The molecule has 0 atom stereocenters. The Balaban J connectivity index is 3.13. The maximum Gasteiger partial charge on any atom is 0.313 e. The number of nitro benzene ring substituents is 1. The number of aliphatic hydroxyl groups is 1. The van der Waals surface area contributed by atoms with Crippen LogP contribution in [0.5, 0.6) is 5.75 Å². The van der Waals surface area contributed by atoms with Crippen LogP contribution in [0, 0.1) is 15.9 Å². The van der Waals surface area contributed by atoms with Gasteiger partial charge < -0.3 is 15.2 Å². The topological polar surface area (TPSA) is 84.6 Å². The standard InChI is InChI=1S/C12H17FN2O4/c1-12(2,4-5-16)14-9-7-11(19-3)10(15(17)18)6-8(9)13/h6-7,14,16H,4-5H2,1-3H3. The zero-order valence-corrected chi connectivity index (χ0v) is 11.1. The lowest BCUT2D eigenvalue weighted by atomic mass is 10.0. The second-order valence-electron chi connectivity index (χ2n) is 4.74. The number of hydrogen-bond donors (Lipinski definition) is 2. The number of nitro groups is 1. The molecule has 0 unspecified atom stereocenters. The third-order valence-corrected chi connectivity index (χ3v) is 2.68. The molecular weight excluding hydrogens is 255 g/mol. The summed E-state index contributed by atoms with van der Waals surface area (Å²) < 4.78 is 18.7. The highest BCUT2D eigenvalue weighted by atomic mass is 19.1. The maximum atomic E-state index is 13.8. The average Bonchev–Trinajstić information content (AvgIpc) is 2.30. The van der Waals surface area contributed by atoms with Gasteiger partial charge in [-0.25, -0.2) is 4.39 Å². The van der Waals surface area contributed by atoms with E-state index in [1.807, 2.05) is 0 Å². The number of methoxy groups -OCH3 is 1. The van der Waals surface area contributed by atoms with Gasteiger partial charge in [0.05, 0.1) is 23.8 Å². The summed E-state index contributed by atoms with van der Waals surface area (Å²) >= 11 is 0. The molecule has 19 heavy (non-hydrogen) atoms. The molecule has 0 fully saturated rings. The number of hydrogen-bond acceptors (Lipinski definition) is 5. The van der Waals surface area contributed by atoms with E-state index < -0.39 is 22.0 Å². The van der Waals surface area contributed by atoms with Crippen LogP contribution in [0.2, 0.25) is 0 Å². The van der Waals surface area contributed by atoms with Gasteiger partial charge in [-0.2, -0.15) is 0 Å². The van der Waals surface area contributed by atoms with Gasteiger partial charge >= 0.3 is 5.69 Å². The third kappa shape index (κ3) is 3.78. The lowest BCUT2D eigenvalue weighted by molar-refractivity contribution is -0.385. The van der Waals surface area contributed by atoms with Crippen molar-refractivity contribution in [2.75, 3.05) is 19.0 Å². The summed E-state index contributed by atoms with van der Waals surface area (Å²) in [6.07, 6.45) is 0.408. The maximum absolute atomic E-state index is 13.8. The van der Waals surface area contributed by atoms with Crippen LogP contribution in [0.25, 0.3) is 0 Å². The highest BCUT2D eigenvalue weighted by Gasteiger charge is 2.23. The first-order chi connectivity index (χ1) is 8.80. The summed E-state index contributed by atoms with van der Waals surface area (Å²) in [6, 6.07) is 2.06. The minimum Gasteiger partial charge on any atom is -0.490 e. The molecule has 7 heteroatoms. The van der Waals surface area contributed by atoms with Gasteiger partial charge in [0, 0.05) is 18.2 Å². The van der Waals surface area contributed by atoms with E-state index in [0.717, 1.165) is 6.07 Å². The number of anilines is 1. The van der Waals surface area contributed by atoms with Crippen molar-refractivity contribution in [2.24, 2.45) is 0 Å². The van der Waals surface area contributed by atoms with E-state index in [2.05, 4.69) is 5.32 Å². The van der Waals surface area contributed by atoms with Gasteiger partial charge in [0.15, 0.2) is 11.6 Å². The quantitative estimate of drug-likeness (QED) is 0.613. The zero-order chi connectivity index (χ0) is 14.6. The minimum absolute atomic E-state index is 0.0197. The largest absolute Gasteiger partial charge is 0.490 e. The highest BCUT2D eigenvalue weighted by molar-refractivity contribution is 5.59. The summed E-state index contributed by atoms with van der Waals surface area (Å²) in [5, 5.41) is 22.5. The lowest BCUT2D eigenvalue weighted by Gasteiger charge is -2.27. The fourth-order valence-electron chi connectivity index (χ4n) is 1.65. The summed E-state index contributed by atoms with van der Waals surface area (Å²) in [4.78, 5) is 10.0. The Kier molecular flexibility index (Phi) is 4.66. The minimum atomic E-state index is -0.737. The molecule has 106 valence electrons. The second kappa shape index (κ2) is 5.83. The van der Waals surface area contributed by atoms with Gasteiger partial charge in [-0.3, -0.25) is 10.1 Å². The van der Waals surface area contributed by atoms with E-state index in [9.17, 15) is 14.5 Å². The van der Waals surface area contributed by atoms with Crippen molar-refractivity contribution >= 4 is 11.4 Å². The number of halogens is 1. The van der Waals surface area contributed by atoms with Crippen LogP contribution in [-0.4, -0.2) is 29.3 Å². The molecule has 1 rings (SSSR count). The SMILES string of the molecule is COc1cc(NC(C)(C)CCO)c(F)cc1[N+](=O)[O-].